The molecule has 1 aliphatic rings. The van der Waals surface area contributed by atoms with E-state index in [1.165, 1.54) is 0 Å². The number of piperidine rings is 1. The molecule has 1 saturated heterocycles. The minimum Gasteiger partial charge on any atom is -0.481 e. The monoisotopic (exact) mass is 209 g/mol. The van der Waals surface area contributed by atoms with Gasteiger partial charge in [0.05, 0.1) is 7.11 Å². The van der Waals surface area contributed by atoms with Gasteiger partial charge in [-0.2, -0.15) is 4.98 Å². The van der Waals surface area contributed by atoms with E-state index in [0.717, 1.165) is 25.9 Å². The normalized spacial score (nSPS) is 17.4. The van der Waals surface area contributed by atoms with Crippen LogP contribution in [0.15, 0.2) is 12.3 Å². The molecule has 5 nitrogen and oxygen atoms in total. The van der Waals surface area contributed by atoms with Gasteiger partial charge >= 0.3 is 6.01 Å². The van der Waals surface area contributed by atoms with Crippen LogP contribution in [0.4, 0.5) is 0 Å². The van der Waals surface area contributed by atoms with Gasteiger partial charge in [-0.05, 0) is 25.9 Å². The summed E-state index contributed by atoms with van der Waals surface area (Å²) in [6, 6.07) is 2.11. The number of aromatic nitrogens is 2. The number of nitrogens with one attached hydrogen (secondary N) is 1. The number of nitrogens with zero attached hydrogens (tertiary/aromatic N) is 2. The second-order valence-electron chi connectivity index (χ2n) is 3.45. The molecular weight excluding hydrogens is 194 g/mol. The molecule has 2 rings (SSSR count). The van der Waals surface area contributed by atoms with Gasteiger partial charge in [0.25, 0.3) is 0 Å². The molecule has 0 bridgehead atoms. The largest absolute Gasteiger partial charge is 0.481 e. The van der Waals surface area contributed by atoms with Crippen LogP contribution in [0.25, 0.3) is 0 Å². The van der Waals surface area contributed by atoms with Crippen LogP contribution in [-0.2, 0) is 0 Å². The van der Waals surface area contributed by atoms with E-state index in [0.29, 0.717) is 11.9 Å². The first-order chi connectivity index (χ1) is 7.38. The summed E-state index contributed by atoms with van der Waals surface area (Å²) >= 11 is 0. The Morgan fingerprint density at radius 3 is 2.93 bits per heavy atom. The molecule has 2 heterocycles. The maximum Gasteiger partial charge on any atom is 0.319 e. The third kappa shape index (κ3) is 2.79. The average Bonchev–Trinajstić information content (AvgIpc) is 2.31. The minimum atomic E-state index is 0.221. The molecule has 0 spiro atoms. The van der Waals surface area contributed by atoms with Crippen molar-refractivity contribution in [3.05, 3.63) is 12.3 Å². The van der Waals surface area contributed by atoms with Gasteiger partial charge in [-0.25, -0.2) is 4.98 Å². The molecule has 0 unspecified atom stereocenters. The highest BCUT2D eigenvalue weighted by atomic mass is 16.5. The Morgan fingerprint density at radius 1 is 1.40 bits per heavy atom. The summed E-state index contributed by atoms with van der Waals surface area (Å²) < 4.78 is 10.7. The number of rotatable bonds is 3. The molecule has 1 fully saturated rings. The smallest absolute Gasteiger partial charge is 0.319 e. The lowest BCUT2D eigenvalue weighted by Crippen LogP contribution is -2.34. The highest BCUT2D eigenvalue weighted by Gasteiger charge is 2.15. The van der Waals surface area contributed by atoms with Crippen molar-refractivity contribution in [3.63, 3.8) is 0 Å². The van der Waals surface area contributed by atoms with Crippen LogP contribution in [0, 0.1) is 0 Å². The van der Waals surface area contributed by atoms with Gasteiger partial charge in [-0.1, -0.05) is 0 Å². The Bertz CT molecular complexity index is 313. The number of ether oxygens (including phenoxy) is 2. The molecule has 15 heavy (non-hydrogen) atoms. The van der Waals surface area contributed by atoms with Crippen LogP contribution in [0.1, 0.15) is 12.8 Å². The van der Waals surface area contributed by atoms with Crippen molar-refractivity contribution in [3.8, 4) is 11.9 Å². The second-order valence-corrected chi connectivity index (χ2v) is 3.45. The predicted octanol–water partition coefficient (Wildman–Crippen LogP) is 0.616. The number of methoxy groups -OCH3 is 1. The summed E-state index contributed by atoms with van der Waals surface area (Å²) in [5.41, 5.74) is 0. The molecule has 82 valence electrons. The lowest BCUT2D eigenvalue weighted by molar-refractivity contribution is 0.147. The van der Waals surface area contributed by atoms with Crippen molar-refractivity contribution in [1.29, 1.82) is 0 Å². The highest BCUT2D eigenvalue weighted by Crippen LogP contribution is 2.14. The van der Waals surface area contributed by atoms with Crippen molar-refractivity contribution < 1.29 is 9.47 Å². The molecule has 0 radical (unpaired) electrons. The molecular formula is C10H15N3O2. The van der Waals surface area contributed by atoms with Gasteiger partial charge in [0.15, 0.2) is 0 Å². The standard InChI is InChI=1S/C10H15N3O2/c1-14-9-4-7-12-10(13-9)15-8-2-5-11-6-3-8/h4,7-8,11H,2-3,5-6H2,1H3. The summed E-state index contributed by atoms with van der Waals surface area (Å²) in [7, 11) is 1.58. The first-order valence-corrected chi connectivity index (χ1v) is 5.13. The highest BCUT2D eigenvalue weighted by molar-refractivity contribution is 5.10. The molecule has 1 aromatic heterocycles. The van der Waals surface area contributed by atoms with Crippen LogP contribution in [0.3, 0.4) is 0 Å². The van der Waals surface area contributed by atoms with Crippen molar-refractivity contribution >= 4 is 0 Å². The molecule has 0 aliphatic carbocycles. The van der Waals surface area contributed by atoms with Crippen LogP contribution >= 0.6 is 0 Å². The Hall–Kier alpha value is -1.36. The average molecular weight is 209 g/mol. The number of hydrogen-bond donors (Lipinski definition) is 1. The molecule has 5 heteroatoms. The van der Waals surface area contributed by atoms with E-state index in [1.54, 1.807) is 19.4 Å². The lowest BCUT2D eigenvalue weighted by Gasteiger charge is -2.22. The fourth-order valence-electron chi connectivity index (χ4n) is 1.56. The van der Waals surface area contributed by atoms with Crippen molar-refractivity contribution in [1.82, 2.24) is 15.3 Å². The third-order valence-corrected chi connectivity index (χ3v) is 2.38. The van der Waals surface area contributed by atoms with Gasteiger partial charge in [0, 0.05) is 12.3 Å². The zero-order valence-electron chi connectivity index (χ0n) is 8.77. The first kappa shape index (κ1) is 10.2. The molecule has 1 aromatic rings. The number of hydrogen-bond acceptors (Lipinski definition) is 5. The Labute approximate surface area is 88.8 Å². The fourth-order valence-corrected chi connectivity index (χ4v) is 1.56. The summed E-state index contributed by atoms with van der Waals surface area (Å²) in [6.45, 7) is 1.99. The van der Waals surface area contributed by atoms with Gasteiger partial charge < -0.3 is 14.8 Å². The van der Waals surface area contributed by atoms with E-state index in [2.05, 4.69) is 15.3 Å². The van der Waals surface area contributed by atoms with E-state index in [1.807, 2.05) is 0 Å². The van der Waals surface area contributed by atoms with Crippen LogP contribution in [-0.4, -0.2) is 36.3 Å². The fraction of sp³-hybridized carbons (Fsp3) is 0.600. The van der Waals surface area contributed by atoms with Crippen LogP contribution in [0.2, 0.25) is 0 Å². The third-order valence-electron chi connectivity index (χ3n) is 2.38. The van der Waals surface area contributed by atoms with Crippen LogP contribution in [0.5, 0.6) is 11.9 Å². The molecule has 0 amide bonds. The van der Waals surface area contributed by atoms with Gasteiger partial charge in [0.2, 0.25) is 5.88 Å². The minimum absolute atomic E-state index is 0.221. The van der Waals surface area contributed by atoms with Crippen molar-refractivity contribution in [2.75, 3.05) is 20.2 Å². The maximum absolute atomic E-state index is 5.66. The van der Waals surface area contributed by atoms with E-state index in [9.17, 15) is 0 Å². The van der Waals surface area contributed by atoms with Gasteiger partial charge in [-0.15, -0.1) is 0 Å². The van der Waals surface area contributed by atoms with E-state index in [4.69, 9.17) is 9.47 Å². The second kappa shape index (κ2) is 4.93. The van der Waals surface area contributed by atoms with Gasteiger partial charge in [0.1, 0.15) is 6.10 Å². The summed E-state index contributed by atoms with van der Waals surface area (Å²) in [5, 5.41) is 3.28. The van der Waals surface area contributed by atoms with E-state index in [-0.39, 0.29) is 6.10 Å². The van der Waals surface area contributed by atoms with Gasteiger partial charge in [-0.3, -0.25) is 0 Å². The zero-order valence-corrected chi connectivity index (χ0v) is 8.77. The predicted molar refractivity (Wildman–Crippen MR) is 55.1 cm³/mol. The summed E-state index contributed by atoms with van der Waals surface area (Å²) in [4.78, 5) is 8.16. The Morgan fingerprint density at radius 2 is 2.20 bits per heavy atom. The lowest BCUT2D eigenvalue weighted by atomic mass is 10.1. The Kier molecular flexibility index (Phi) is 3.34. The zero-order chi connectivity index (χ0) is 10.5. The quantitative estimate of drug-likeness (QED) is 0.790. The first-order valence-electron chi connectivity index (χ1n) is 5.13. The molecule has 1 aliphatic heterocycles. The summed E-state index contributed by atoms with van der Waals surface area (Å²) in [6.07, 6.45) is 3.86. The molecule has 0 saturated carbocycles. The van der Waals surface area contributed by atoms with Crippen molar-refractivity contribution in [2.24, 2.45) is 0 Å². The van der Waals surface area contributed by atoms with E-state index >= 15 is 0 Å². The molecule has 1 N–H and O–H groups in total. The maximum atomic E-state index is 5.66. The Balaban J connectivity index is 1.96. The summed E-state index contributed by atoms with van der Waals surface area (Å²) in [5.74, 6) is 0.536. The molecule has 0 aromatic carbocycles. The SMILES string of the molecule is COc1ccnc(OC2CCNCC2)n1. The molecule has 0 atom stereocenters. The van der Waals surface area contributed by atoms with E-state index < -0.39 is 0 Å². The van der Waals surface area contributed by atoms with Crippen molar-refractivity contribution in [2.45, 2.75) is 18.9 Å². The van der Waals surface area contributed by atoms with Crippen LogP contribution < -0.4 is 14.8 Å². The topological polar surface area (TPSA) is 56.3 Å².